The van der Waals surface area contributed by atoms with Crippen LogP contribution in [0.15, 0.2) is 60.7 Å². The van der Waals surface area contributed by atoms with Gasteiger partial charge in [0.2, 0.25) is 0 Å². The molecule has 1 aliphatic heterocycles. The highest BCUT2D eigenvalue weighted by Crippen LogP contribution is 2.50. The van der Waals surface area contributed by atoms with Gasteiger partial charge in [-0.05, 0) is 63.1 Å². The number of morpholine rings is 1. The zero-order valence-electron chi connectivity index (χ0n) is 18.4. The highest BCUT2D eigenvalue weighted by Gasteiger charge is 2.55. The molecule has 30 heavy (non-hydrogen) atoms. The Morgan fingerprint density at radius 1 is 0.833 bits per heavy atom. The molecule has 3 aliphatic rings. The molecule has 0 unspecified atom stereocenters. The minimum Gasteiger partial charge on any atom is -0.366 e. The molecule has 2 aromatic rings. The van der Waals surface area contributed by atoms with E-state index in [1.165, 1.54) is 49.7 Å². The van der Waals surface area contributed by atoms with Gasteiger partial charge in [0, 0.05) is 32.2 Å². The smallest absolute Gasteiger partial charge is 0.0819 e. The topological polar surface area (TPSA) is 15.7 Å². The van der Waals surface area contributed by atoms with Crippen molar-refractivity contribution in [3.8, 4) is 0 Å². The Morgan fingerprint density at radius 3 is 2.00 bits per heavy atom. The zero-order chi connectivity index (χ0) is 20.4. The van der Waals surface area contributed by atoms with Gasteiger partial charge in [0.1, 0.15) is 0 Å². The van der Waals surface area contributed by atoms with Crippen LogP contribution in [0.2, 0.25) is 0 Å². The minimum atomic E-state index is 0.0836. The number of hydrogen-bond donors (Lipinski definition) is 0. The highest BCUT2D eigenvalue weighted by atomic mass is 16.5. The minimum absolute atomic E-state index is 0.0836. The van der Waals surface area contributed by atoms with E-state index in [1.807, 2.05) is 0 Å². The largest absolute Gasteiger partial charge is 0.366 e. The van der Waals surface area contributed by atoms with Crippen LogP contribution >= 0.6 is 0 Å². The predicted molar refractivity (Wildman–Crippen MR) is 123 cm³/mol. The molecular formula is C27H36N2O. The number of likely N-dealkylation sites (N-methyl/N-ethyl adjacent to an activating group) is 1. The Labute approximate surface area is 182 Å². The van der Waals surface area contributed by atoms with Crippen LogP contribution in [0.1, 0.15) is 49.7 Å². The molecule has 0 atom stereocenters. The van der Waals surface area contributed by atoms with E-state index in [9.17, 15) is 0 Å². The molecule has 2 saturated carbocycles. The number of rotatable bonds is 6. The summed E-state index contributed by atoms with van der Waals surface area (Å²) in [7, 11) is 2.32. The first-order valence-corrected chi connectivity index (χ1v) is 11.8. The molecule has 3 nitrogen and oxygen atoms in total. The first-order valence-electron chi connectivity index (χ1n) is 11.8. The molecule has 0 aromatic heterocycles. The summed E-state index contributed by atoms with van der Waals surface area (Å²) in [4.78, 5) is 5.28. The SMILES string of the molecule is CN(CCc1ccccc1)C1CCC2(CC1)CN(Cc1ccccc1)CC1(CC1)O2. The van der Waals surface area contributed by atoms with Gasteiger partial charge in [0.05, 0.1) is 11.2 Å². The first-order chi connectivity index (χ1) is 14.6. The molecule has 0 N–H and O–H groups in total. The molecule has 2 aliphatic carbocycles. The Bertz CT molecular complexity index is 809. The highest BCUT2D eigenvalue weighted by molar-refractivity contribution is 5.17. The average molecular weight is 405 g/mol. The van der Waals surface area contributed by atoms with Crippen molar-refractivity contribution in [2.24, 2.45) is 0 Å². The fourth-order valence-corrected chi connectivity index (χ4v) is 5.71. The van der Waals surface area contributed by atoms with Crippen molar-refractivity contribution >= 4 is 0 Å². The number of hydrogen-bond acceptors (Lipinski definition) is 3. The average Bonchev–Trinajstić information content (AvgIpc) is 3.51. The molecule has 160 valence electrons. The second-order valence-electron chi connectivity index (χ2n) is 10.0. The number of nitrogens with zero attached hydrogens (tertiary/aromatic N) is 2. The van der Waals surface area contributed by atoms with E-state index in [-0.39, 0.29) is 11.2 Å². The quantitative estimate of drug-likeness (QED) is 0.680. The molecule has 0 bridgehead atoms. The van der Waals surface area contributed by atoms with E-state index in [0.29, 0.717) is 6.04 Å². The van der Waals surface area contributed by atoms with E-state index in [2.05, 4.69) is 77.5 Å². The molecule has 2 spiro atoms. The maximum absolute atomic E-state index is 6.88. The molecular weight excluding hydrogens is 368 g/mol. The third-order valence-electron chi connectivity index (χ3n) is 7.60. The van der Waals surface area contributed by atoms with Crippen LogP contribution in [0.5, 0.6) is 0 Å². The second kappa shape index (κ2) is 8.45. The summed E-state index contributed by atoms with van der Waals surface area (Å²) < 4.78 is 6.88. The van der Waals surface area contributed by atoms with Gasteiger partial charge < -0.3 is 9.64 Å². The van der Waals surface area contributed by atoms with Crippen LogP contribution in [0.25, 0.3) is 0 Å². The summed E-state index contributed by atoms with van der Waals surface area (Å²) in [5.74, 6) is 0. The van der Waals surface area contributed by atoms with Crippen molar-refractivity contribution in [2.75, 3.05) is 26.7 Å². The molecule has 0 amide bonds. The molecule has 3 heteroatoms. The Morgan fingerprint density at radius 2 is 1.40 bits per heavy atom. The monoisotopic (exact) mass is 404 g/mol. The van der Waals surface area contributed by atoms with E-state index in [0.717, 1.165) is 32.6 Å². The Hall–Kier alpha value is -1.68. The Balaban J connectivity index is 1.18. The zero-order valence-corrected chi connectivity index (χ0v) is 18.4. The summed E-state index contributed by atoms with van der Waals surface area (Å²) >= 11 is 0. The van der Waals surface area contributed by atoms with Crippen molar-refractivity contribution in [1.82, 2.24) is 9.80 Å². The fraction of sp³-hybridized carbons (Fsp3) is 0.556. The summed E-state index contributed by atoms with van der Waals surface area (Å²) in [5.41, 5.74) is 3.12. The third kappa shape index (κ3) is 4.64. The second-order valence-corrected chi connectivity index (χ2v) is 10.0. The van der Waals surface area contributed by atoms with Crippen LogP contribution in [-0.4, -0.2) is 53.7 Å². The lowest BCUT2D eigenvalue weighted by atomic mass is 9.79. The van der Waals surface area contributed by atoms with Gasteiger partial charge >= 0.3 is 0 Å². The third-order valence-corrected chi connectivity index (χ3v) is 7.60. The van der Waals surface area contributed by atoms with Gasteiger partial charge in [0.25, 0.3) is 0 Å². The van der Waals surface area contributed by atoms with Crippen molar-refractivity contribution in [3.05, 3.63) is 71.8 Å². The summed E-state index contributed by atoms with van der Waals surface area (Å²) in [6, 6.07) is 22.6. The molecule has 1 saturated heterocycles. The number of benzene rings is 2. The fourth-order valence-electron chi connectivity index (χ4n) is 5.71. The van der Waals surface area contributed by atoms with Gasteiger partial charge in [-0.15, -0.1) is 0 Å². The van der Waals surface area contributed by atoms with Crippen molar-refractivity contribution in [2.45, 2.75) is 68.7 Å². The van der Waals surface area contributed by atoms with Gasteiger partial charge in [-0.2, -0.15) is 0 Å². The summed E-state index contributed by atoms with van der Waals surface area (Å²) in [6.07, 6.45) is 8.59. The molecule has 5 rings (SSSR count). The van der Waals surface area contributed by atoms with Crippen LogP contribution in [0.4, 0.5) is 0 Å². The summed E-state index contributed by atoms with van der Waals surface area (Å²) in [6.45, 7) is 4.43. The molecule has 0 radical (unpaired) electrons. The normalized spacial score (nSPS) is 28.3. The van der Waals surface area contributed by atoms with Gasteiger partial charge in [0.15, 0.2) is 0 Å². The van der Waals surface area contributed by atoms with Gasteiger partial charge in [-0.25, -0.2) is 0 Å². The lowest BCUT2D eigenvalue weighted by molar-refractivity contribution is -0.188. The molecule has 2 aromatic carbocycles. The van der Waals surface area contributed by atoms with Gasteiger partial charge in [-0.1, -0.05) is 60.7 Å². The van der Waals surface area contributed by atoms with Crippen LogP contribution in [0, 0.1) is 0 Å². The maximum Gasteiger partial charge on any atom is 0.0819 e. The van der Waals surface area contributed by atoms with Crippen molar-refractivity contribution < 1.29 is 4.74 Å². The first kappa shape index (κ1) is 20.2. The van der Waals surface area contributed by atoms with E-state index < -0.39 is 0 Å². The summed E-state index contributed by atoms with van der Waals surface area (Å²) in [5, 5.41) is 0. The molecule has 3 fully saturated rings. The van der Waals surface area contributed by atoms with E-state index in [1.54, 1.807) is 0 Å². The van der Waals surface area contributed by atoms with Gasteiger partial charge in [-0.3, -0.25) is 4.90 Å². The van der Waals surface area contributed by atoms with Crippen LogP contribution < -0.4 is 0 Å². The standard InChI is InChI=1S/C27H36N2O/c1-28(19-14-23-8-4-2-5-9-23)25-12-15-26(16-13-25)21-29(22-27(30-26)17-18-27)20-24-10-6-3-7-11-24/h2-11,25H,12-22H2,1H3. The van der Waals surface area contributed by atoms with Crippen LogP contribution in [-0.2, 0) is 17.7 Å². The predicted octanol–water partition coefficient (Wildman–Crippen LogP) is 4.91. The lowest BCUT2D eigenvalue weighted by Gasteiger charge is -2.51. The van der Waals surface area contributed by atoms with Crippen molar-refractivity contribution in [3.63, 3.8) is 0 Å². The van der Waals surface area contributed by atoms with E-state index in [4.69, 9.17) is 4.74 Å². The van der Waals surface area contributed by atoms with Crippen molar-refractivity contribution in [1.29, 1.82) is 0 Å². The molecule has 1 heterocycles. The maximum atomic E-state index is 6.88. The van der Waals surface area contributed by atoms with E-state index >= 15 is 0 Å². The number of ether oxygens (including phenoxy) is 1. The van der Waals surface area contributed by atoms with Crippen LogP contribution in [0.3, 0.4) is 0 Å². The Kier molecular flexibility index (Phi) is 5.70. The lowest BCUT2D eigenvalue weighted by Crippen LogP contribution is -2.58.